The number of guanidine groups is 1. The number of hydrogen-bond donors (Lipinski definition) is 3. The van der Waals surface area contributed by atoms with Crippen molar-refractivity contribution in [3.63, 3.8) is 0 Å². The number of nitrogens with two attached hydrogens (primary N) is 2. The molecule has 1 amide bonds. The second-order valence-corrected chi connectivity index (χ2v) is 3.54. The van der Waals surface area contributed by atoms with Gasteiger partial charge in [-0.1, -0.05) is 0 Å². The van der Waals surface area contributed by atoms with E-state index in [0.29, 0.717) is 0 Å². The number of carboxylic acids is 1. The van der Waals surface area contributed by atoms with Crippen LogP contribution in [0.5, 0.6) is 0 Å². The van der Waals surface area contributed by atoms with Gasteiger partial charge in [-0.15, -0.1) is 0 Å². The maximum Gasteiger partial charge on any atom is 0.300 e. The molecule has 0 aromatic rings. The molecule has 0 aliphatic heterocycles. The fourth-order valence-corrected chi connectivity index (χ4v) is 0.408. The van der Waals surface area contributed by atoms with Crippen LogP contribution in [-0.2, 0) is 36.8 Å². The predicted molar refractivity (Wildman–Crippen MR) is 58.6 cm³/mol. The third-order valence-corrected chi connectivity index (χ3v) is 1.65. The zero-order valence-corrected chi connectivity index (χ0v) is 11.6. The third kappa shape index (κ3) is 11.1. The Bertz CT molecular complexity index is 318. The van der Waals surface area contributed by atoms with Crippen LogP contribution >= 0.6 is 0 Å². The summed E-state index contributed by atoms with van der Waals surface area (Å²) in [6.07, 6.45) is 0. The van der Waals surface area contributed by atoms with Crippen LogP contribution in [-0.4, -0.2) is 28.7 Å². The van der Waals surface area contributed by atoms with Crippen LogP contribution in [0.15, 0.2) is 4.99 Å². The maximum atomic E-state index is 11.1. The summed E-state index contributed by atoms with van der Waals surface area (Å²) < 4.78 is 0. The maximum absolute atomic E-state index is 11.1. The number of aliphatic imine (C=N–C) groups is 1. The number of hydrogen-bond acceptors (Lipinski definition) is 3. The Morgan fingerprint density at radius 2 is 1.41 bits per heavy atom. The van der Waals surface area contributed by atoms with Gasteiger partial charge in [-0.05, 0) is 20.8 Å². The van der Waals surface area contributed by atoms with E-state index in [1.54, 1.807) is 0 Å². The van der Waals surface area contributed by atoms with E-state index in [1.807, 2.05) is 0 Å². The first-order valence-corrected chi connectivity index (χ1v) is 4.36. The van der Waals surface area contributed by atoms with Gasteiger partial charge in [0.05, 0.1) is 0 Å². The first-order chi connectivity index (χ1) is 7.01. The summed E-state index contributed by atoms with van der Waals surface area (Å²) in [4.78, 5) is 34.3. The molecule has 7 nitrogen and oxygen atoms in total. The number of amides is 1. The minimum absolute atomic E-state index is 0. The Kier molecular flexibility index (Phi) is 11.1. The molecule has 0 unspecified atom stereocenters. The summed E-state index contributed by atoms with van der Waals surface area (Å²) in [5.74, 6) is -2.04. The van der Waals surface area contributed by atoms with E-state index in [0.717, 1.165) is 6.92 Å². The van der Waals surface area contributed by atoms with Gasteiger partial charge in [-0.2, -0.15) is 4.99 Å². The molecule has 0 spiro atoms. The molecule has 0 heterocycles. The van der Waals surface area contributed by atoms with Crippen molar-refractivity contribution in [1.29, 1.82) is 0 Å². The van der Waals surface area contributed by atoms with Gasteiger partial charge >= 0.3 is 0 Å². The van der Waals surface area contributed by atoms with E-state index in [9.17, 15) is 9.59 Å². The smallest absolute Gasteiger partial charge is 0.300 e. The Morgan fingerprint density at radius 1 is 1.12 bits per heavy atom. The first kappa shape index (κ1) is 21.1. The van der Waals surface area contributed by atoms with E-state index in [4.69, 9.17) is 21.4 Å². The Hall–Kier alpha value is -1.18. The number of nitrogens with zero attached hydrogens (tertiary/aromatic N) is 1. The molecule has 103 valence electrons. The topological polar surface area (TPSA) is 136 Å². The van der Waals surface area contributed by atoms with Crippen molar-refractivity contribution < 1.29 is 41.9 Å². The fourth-order valence-electron chi connectivity index (χ4n) is 0.408. The van der Waals surface area contributed by atoms with Crippen molar-refractivity contribution in [1.82, 2.24) is 0 Å². The number of carbonyl (C=O) groups is 3. The number of ketones is 1. The fraction of sp³-hybridized carbons (Fsp3) is 0.556. The molecule has 8 heteroatoms. The second kappa shape index (κ2) is 8.91. The first-order valence-electron chi connectivity index (χ1n) is 4.36. The van der Waals surface area contributed by atoms with Gasteiger partial charge in [0.25, 0.3) is 11.9 Å². The van der Waals surface area contributed by atoms with Gasteiger partial charge in [0, 0.05) is 29.3 Å². The van der Waals surface area contributed by atoms with Crippen LogP contribution in [0.25, 0.3) is 0 Å². The summed E-state index contributed by atoms with van der Waals surface area (Å²) in [6, 6.07) is 0. The van der Waals surface area contributed by atoms with E-state index in [1.165, 1.54) is 20.8 Å². The Labute approximate surface area is 115 Å². The van der Waals surface area contributed by atoms with E-state index >= 15 is 0 Å². The molecule has 0 aliphatic carbocycles. The van der Waals surface area contributed by atoms with E-state index < -0.39 is 17.3 Å². The largest absolute Gasteiger partial charge is 0.481 e. The van der Waals surface area contributed by atoms with Crippen molar-refractivity contribution in [2.45, 2.75) is 27.7 Å². The zero-order chi connectivity index (χ0) is 13.5. The standard InChI is InChI=1S/C7H13N3O2.C2H4O2.Ag/c1-4(11)7(2,3)5(12)10-6(8)9;1-2(3)4;/h1-3H3,(H4,8,9,10,12);1H3,(H,3,4);. The van der Waals surface area contributed by atoms with Gasteiger partial charge < -0.3 is 16.6 Å². The van der Waals surface area contributed by atoms with Gasteiger partial charge in [0.2, 0.25) is 0 Å². The molecule has 0 atom stereocenters. The van der Waals surface area contributed by atoms with Crippen LogP contribution in [0, 0.1) is 5.41 Å². The van der Waals surface area contributed by atoms with Crippen molar-refractivity contribution in [3.8, 4) is 0 Å². The summed E-state index contributed by atoms with van der Waals surface area (Å²) in [5.41, 5.74) is 8.84. The minimum Gasteiger partial charge on any atom is -0.481 e. The molecule has 0 fully saturated rings. The van der Waals surface area contributed by atoms with Crippen LogP contribution < -0.4 is 11.5 Å². The number of carbonyl (C=O) groups excluding carboxylic acids is 2. The second-order valence-electron chi connectivity index (χ2n) is 3.54. The number of aliphatic carboxylic acids is 1. The molecular formula is C9H17AgN3O4. The molecule has 0 saturated carbocycles. The monoisotopic (exact) mass is 338 g/mol. The molecular weight excluding hydrogens is 322 g/mol. The van der Waals surface area contributed by atoms with Crippen molar-refractivity contribution in [2.75, 3.05) is 0 Å². The summed E-state index contributed by atoms with van der Waals surface area (Å²) in [5, 5.41) is 7.42. The average molecular weight is 339 g/mol. The SMILES string of the molecule is CC(=O)C(C)(C)C(=O)N=C(N)N.CC(=O)O.[Ag]. The Morgan fingerprint density at radius 3 is 1.59 bits per heavy atom. The number of rotatable bonds is 2. The van der Waals surface area contributed by atoms with E-state index in [2.05, 4.69) is 4.99 Å². The van der Waals surface area contributed by atoms with Crippen molar-refractivity contribution >= 4 is 23.6 Å². The minimum atomic E-state index is -1.13. The average Bonchev–Trinajstić information content (AvgIpc) is 2.00. The molecule has 0 aromatic heterocycles. The van der Waals surface area contributed by atoms with Gasteiger partial charge in [0.15, 0.2) is 5.96 Å². The van der Waals surface area contributed by atoms with Crippen LogP contribution in [0.3, 0.4) is 0 Å². The van der Waals surface area contributed by atoms with Crippen LogP contribution in [0.4, 0.5) is 0 Å². The molecule has 0 bridgehead atoms. The number of carboxylic acid groups (broad SMARTS) is 1. The summed E-state index contributed by atoms with van der Waals surface area (Å²) in [6.45, 7) is 5.36. The van der Waals surface area contributed by atoms with Gasteiger partial charge in [-0.3, -0.25) is 14.4 Å². The molecule has 5 N–H and O–H groups in total. The van der Waals surface area contributed by atoms with Crippen molar-refractivity contribution in [2.24, 2.45) is 21.9 Å². The molecule has 0 aliphatic rings. The normalized spacial score (nSPS) is 8.94. The molecule has 17 heavy (non-hydrogen) atoms. The van der Waals surface area contributed by atoms with Crippen molar-refractivity contribution in [3.05, 3.63) is 0 Å². The summed E-state index contributed by atoms with van der Waals surface area (Å²) in [7, 11) is 0. The van der Waals surface area contributed by atoms with Gasteiger partial charge in [-0.25, -0.2) is 0 Å². The number of Topliss-reactive ketones (excluding diaryl/α,β-unsaturated/α-hetero) is 1. The van der Waals surface area contributed by atoms with E-state index in [-0.39, 0.29) is 34.1 Å². The third-order valence-electron chi connectivity index (χ3n) is 1.65. The van der Waals surface area contributed by atoms with Crippen LogP contribution in [0.2, 0.25) is 0 Å². The van der Waals surface area contributed by atoms with Gasteiger partial charge in [0.1, 0.15) is 11.2 Å². The van der Waals surface area contributed by atoms with Crippen LogP contribution in [0.1, 0.15) is 27.7 Å². The Balaban J connectivity index is -0.000000340. The predicted octanol–water partition coefficient (Wildman–Crippen LogP) is -0.510. The molecule has 0 saturated heterocycles. The zero-order valence-electron chi connectivity index (χ0n) is 10.1. The molecule has 1 radical (unpaired) electrons. The molecule has 0 rings (SSSR count). The summed E-state index contributed by atoms with van der Waals surface area (Å²) >= 11 is 0. The quantitative estimate of drug-likeness (QED) is 0.268. The molecule has 0 aromatic carbocycles.